The van der Waals surface area contributed by atoms with Crippen LogP contribution in [0.4, 0.5) is 43.1 Å². The Morgan fingerprint density at radius 2 is 0.969 bits per heavy atom. The van der Waals surface area contributed by atoms with Crippen LogP contribution in [0.25, 0.3) is 22.1 Å². The predicted octanol–water partition coefficient (Wildman–Crippen LogP) is 14.7. The molecule has 0 radical (unpaired) electrons. The van der Waals surface area contributed by atoms with Crippen molar-refractivity contribution in [2.75, 3.05) is 9.80 Å². The molecule has 3 heterocycles. The summed E-state index contributed by atoms with van der Waals surface area (Å²) in [4.78, 5) is 4.70. The van der Waals surface area contributed by atoms with E-state index in [2.05, 4.69) is 191 Å². The van der Waals surface area contributed by atoms with Crippen LogP contribution in [0.1, 0.15) is 131 Å². The first-order valence-corrected chi connectivity index (χ1v) is 23.1. The minimum atomic E-state index is -0.612. The molecule has 6 aromatic carbocycles. The molecule has 2 aliphatic heterocycles. The van der Waals surface area contributed by atoms with Crippen molar-refractivity contribution in [3.8, 4) is 11.1 Å². The summed E-state index contributed by atoms with van der Waals surface area (Å²) >= 11 is 0. The van der Waals surface area contributed by atoms with Gasteiger partial charge in [0.05, 0.1) is 0 Å². The van der Waals surface area contributed by atoms with Gasteiger partial charge in [0.25, 0.3) is 6.71 Å². The number of hydrogen-bond donors (Lipinski definition) is 0. The van der Waals surface area contributed by atoms with E-state index < -0.39 is 11.6 Å². The number of rotatable bonds is 3. The van der Waals surface area contributed by atoms with Crippen molar-refractivity contribution in [2.45, 2.75) is 130 Å². The molecular formula is C58H61BF2N2O. The molecule has 1 aliphatic carbocycles. The van der Waals surface area contributed by atoms with E-state index in [1.807, 2.05) is 0 Å². The maximum Gasteiger partial charge on any atom is 0.257 e. The van der Waals surface area contributed by atoms with Crippen molar-refractivity contribution < 1.29 is 13.2 Å². The van der Waals surface area contributed by atoms with Gasteiger partial charge in [-0.3, -0.25) is 4.90 Å². The van der Waals surface area contributed by atoms with Gasteiger partial charge in [-0.05, 0) is 157 Å². The van der Waals surface area contributed by atoms with Crippen LogP contribution < -0.4 is 26.2 Å². The lowest BCUT2D eigenvalue weighted by Crippen LogP contribution is -2.61. The zero-order valence-electron chi connectivity index (χ0n) is 39.9. The van der Waals surface area contributed by atoms with Crippen molar-refractivity contribution in [3.05, 3.63) is 149 Å². The number of furan rings is 1. The van der Waals surface area contributed by atoms with E-state index in [9.17, 15) is 0 Å². The number of benzene rings is 6. The molecule has 0 spiro atoms. The normalized spacial score (nSPS) is 16.4. The molecule has 0 atom stereocenters. The summed E-state index contributed by atoms with van der Waals surface area (Å²) in [5.41, 5.74) is 16.8. The van der Waals surface area contributed by atoms with Crippen LogP contribution in [0, 0.1) is 11.6 Å². The Labute approximate surface area is 379 Å². The number of halogens is 2. The zero-order chi connectivity index (χ0) is 45.6. The zero-order valence-corrected chi connectivity index (χ0v) is 39.9. The quantitative estimate of drug-likeness (QED) is 0.165. The summed E-state index contributed by atoms with van der Waals surface area (Å²) in [6.45, 7) is 29.6. The van der Waals surface area contributed by atoms with Crippen molar-refractivity contribution >= 4 is 68.4 Å². The van der Waals surface area contributed by atoms with Gasteiger partial charge in [0.1, 0.15) is 17.2 Å². The largest absolute Gasteiger partial charge is 0.440 e. The van der Waals surface area contributed by atoms with Crippen LogP contribution in [0.15, 0.2) is 114 Å². The Morgan fingerprint density at radius 3 is 1.50 bits per heavy atom. The highest BCUT2D eigenvalue weighted by Crippen LogP contribution is 2.52. The monoisotopic (exact) mass is 850 g/mol. The maximum absolute atomic E-state index is 15.3. The minimum absolute atomic E-state index is 0.0354. The average molecular weight is 851 g/mol. The Hall–Kier alpha value is -5.62. The third-order valence-corrected chi connectivity index (χ3v) is 14.7. The van der Waals surface area contributed by atoms with Crippen LogP contribution >= 0.6 is 0 Å². The molecule has 0 saturated carbocycles. The fourth-order valence-corrected chi connectivity index (χ4v) is 10.7. The van der Waals surface area contributed by atoms with E-state index in [1.165, 1.54) is 45.4 Å². The Bertz CT molecular complexity index is 3010. The maximum atomic E-state index is 15.3. The lowest BCUT2D eigenvalue weighted by atomic mass is 9.33. The standard InChI is InChI=1S/C58H61BF2N2O/c1-54(2,3)36-14-19-41(20-15-36)62-47-33-45-44(57(10,11)24-25-58(45,12)13)32-46(47)59-51-43-30-38(56(7,8)9)18-23-50(43)64-53(51)63(42-21-16-37(17-22-42)55(4,5)6)49-29-35(28-48(62)52(49)59)34-26-39(60)31-40(61)27-34/h14-23,26-33H,24-25H2,1-13H3. The summed E-state index contributed by atoms with van der Waals surface area (Å²) < 4.78 is 37.8. The minimum Gasteiger partial charge on any atom is -0.440 e. The third-order valence-electron chi connectivity index (χ3n) is 14.7. The average Bonchev–Trinajstić information content (AvgIpc) is 3.59. The molecule has 64 heavy (non-hydrogen) atoms. The first-order chi connectivity index (χ1) is 29.9. The Morgan fingerprint density at radius 1 is 0.500 bits per heavy atom. The van der Waals surface area contributed by atoms with Crippen molar-refractivity contribution in [3.63, 3.8) is 0 Å². The van der Waals surface area contributed by atoms with Gasteiger partial charge in [-0.1, -0.05) is 126 Å². The summed E-state index contributed by atoms with van der Waals surface area (Å²) in [6.07, 6.45) is 2.18. The molecule has 0 N–H and O–H groups in total. The molecule has 1 aromatic heterocycles. The second-order valence-corrected chi connectivity index (χ2v) is 23.3. The highest BCUT2D eigenvalue weighted by Gasteiger charge is 2.49. The van der Waals surface area contributed by atoms with E-state index in [1.54, 1.807) is 0 Å². The molecule has 0 unspecified atom stereocenters. The van der Waals surface area contributed by atoms with E-state index in [4.69, 9.17) is 4.42 Å². The highest BCUT2D eigenvalue weighted by molar-refractivity contribution is 7.01. The lowest BCUT2D eigenvalue weighted by molar-refractivity contribution is 0.332. The number of anilines is 6. The second-order valence-electron chi connectivity index (χ2n) is 23.3. The van der Waals surface area contributed by atoms with Crippen LogP contribution in [-0.4, -0.2) is 6.71 Å². The van der Waals surface area contributed by atoms with Crippen molar-refractivity contribution in [1.82, 2.24) is 0 Å². The lowest BCUT2D eigenvalue weighted by Gasteiger charge is -2.46. The first-order valence-electron chi connectivity index (χ1n) is 23.1. The van der Waals surface area contributed by atoms with Crippen molar-refractivity contribution in [2.24, 2.45) is 0 Å². The predicted molar refractivity (Wildman–Crippen MR) is 267 cm³/mol. The molecule has 10 rings (SSSR count). The van der Waals surface area contributed by atoms with E-state index in [-0.39, 0.29) is 33.8 Å². The fourth-order valence-electron chi connectivity index (χ4n) is 10.7. The molecule has 3 nitrogen and oxygen atoms in total. The third kappa shape index (κ3) is 6.72. The van der Waals surface area contributed by atoms with Gasteiger partial charge < -0.3 is 9.32 Å². The van der Waals surface area contributed by atoms with Crippen LogP contribution in [0.2, 0.25) is 0 Å². The van der Waals surface area contributed by atoms with Crippen molar-refractivity contribution in [1.29, 1.82) is 0 Å². The molecule has 6 heteroatoms. The molecule has 0 fully saturated rings. The molecule has 0 amide bonds. The highest BCUT2D eigenvalue weighted by atomic mass is 19.1. The number of nitrogens with zero attached hydrogens (tertiary/aromatic N) is 2. The molecule has 0 bridgehead atoms. The molecule has 7 aromatic rings. The molecule has 326 valence electrons. The van der Waals surface area contributed by atoms with Crippen LogP contribution in [0.5, 0.6) is 0 Å². The summed E-state index contributed by atoms with van der Waals surface area (Å²) in [5, 5.41) is 1.10. The van der Waals surface area contributed by atoms with E-state index in [0.29, 0.717) is 5.56 Å². The smallest absolute Gasteiger partial charge is 0.257 e. The molecule has 3 aliphatic rings. The Kier molecular flexibility index (Phi) is 9.23. The van der Waals surface area contributed by atoms with Gasteiger partial charge in [-0.15, -0.1) is 0 Å². The van der Waals surface area contributed by atoms with E-state index in [0.717, 1.165) is 80.7 Å². The summed E-state index contributed by atoms with van der Waals surface area (Å²) in [6, 6.07) is 37.7. The van der Waals surface area contributed by atoms with Gasteiger partial charge in [0.2, 0.25) is 5.88 Å². The Balaban J connectivity index is 1.38. The van der Waals surface area contributed by atoms with Gasteiger partial charge >= 0.3 is 0 Å². The molecule has 0 saturated heterocycles. The SMILES string of the molecule is CC(C)(C)c1ccc(N2c3cc4c(cc3B3c5c2cc(-c2cc(F)cc(F)c2)cc5N(c2ccc(C(C)(C)C)cc2)c2oc5ccc(C(C)(C)C)cc5c23)C(C)(C)CCC4(C)C)cc1. The van der Waals surface area contributed by atoms with Crippen LogP contribution in [0.3, 0.4) is 0 Å². The van der Waals surface area contributed by atoms with E-state index >= 15 is 8.78 Å². The topological polar surface area (TPSA) is 19.6 Å². The van der Waals surface area contributed by atoms with Gasteiger partial charge in [0.15, 0.2) is 0 Å². The molecular weight excluding hydrogens is 789 g/mol. The second kappa shape index (κ2) is 13.9. The summed E-state index contributed by atoms with van der Waals surface area (Å²) in [7, 11) is 0. The van der Waals surface area contributed by atoms with Gasteiger partial charge in [-0.25, -0.2) is 8.78 Å². The van der Waals surface area contributed by atoms with Gasteiger partial charge in [0, 0.05) is 45.4 Å². The fraction of sp³-hybridized carbons (Fsp3) is 0.345. The van der Waals surface area contributed by atoms with Gasteiger partial charge in [-0.2, -0.15) is 0 Å². The number of hydrogen-bond acceptors (Lipinski definition) is 3. The number of fused-ring (bicyclic) bond motifs is 7. The van der Waals surface area contributed by atoms with Crippen LogP contribution in [-0.2, 0) is 27.1 Å². The first kappa shape index (κ1) is 42.3. The summed E-state index contributed by atoms with van der Waals surface area (Å²) in [5.74, 6) is -0.458.